The molecule has 0 saturated heterocycles. The molecule has 0 spiro atoms. The fourth-order valence-corrected chi connectivity index (χ4v) is 3.91. The lowest BCUT2D eigenvalue weighted by molar-refractivity contribution is -0.121. The summed E-state index contributed by atoms with van der Waals surface area (Å²) in [6, 6.07) is 10.7. The van der Waals surface area contributed by atoms with Crippen LogP contribution in [0.4, 0.5) is 10.9 Å². The number of rotatable bonds is 4. The van der Waals surface area contributed by atoms with Crippen LogP contribution < -0.4 is 15.0 Å². The van der Waals surface area contributed by atoms with Gasteiger partial charge in [-0.25, -0.2) is 9.97 Å². The van der Waals surface area contributed by atoms with Gasteiger partial charge in [-0.2, -0.15) is 0 Å². The standard InChI is InChI=1S/C20H18N4O2S/c1-24-18(25)10-26-17-8-12(9-21-19(17)24)14-4-2-3-5-15(14)16-11-27-20(23-16)22-13-6-7-13/h2-5,8-9,11,13H,6-7,10H2,1H3,(H,22,23). The molecule has 3 aromatic rings. The Morgan fingerprint density at radius 1 is 1.26 bits per heavy atom. The number of ether oxygens (including phenoxy) is 1. The highest BCUT2D eigenvalue weighted by atomic mass is 32.1. The Bertz CT molecular complexity index is 1030. The highest BCUT2D eigenvalue weighted by molar-refractivity contribution is 7.14. The molecule has 1 saturated carbocycles. The molecule has 136 valence electrons. The Morgan fingerprint density at radius 3 is 2.89 bits per heavy atom. The van der Waals surface area contributed by atoms with Gasteiger partial charge in [0.05, 0.1) is 5.69 Å². The van der Waals surface area contributed by atoms with Crippen molar-refractivity contribution < 1.29 is 9.53 Å². The van der Waals surface area contributed by atoms with Gasteiger partial charge in [-0.15, -0.1) is 11.3 Å². The minimum absolute atomic E-state index is 0.0402. The smallest absolute Gasteiger partial charge is 0.265 e. The summed E-state index contributed by atoms with van der Waals surface area (Å²) < 4.78 is 5.59. The van der Waals surface area contributed by atoms with Crippen molar-refractivity contribution in [1.82, 2.24) is 9.97 Å². The largest absolute Gasteiger partial charge is 0.480 e. The lowest BCUT2D eigenvalue weighted by atomic mass is 9.99. The average molecular weight is 378 g/mol. The number of pyridine rings is 1. The van der Waals surface area contributed by atoms with Crippen molar-refractivity contribution in [3.05, 3.63) is 41.9 Å². The number of hydrogen-bond acceptors (Lipinski definition) is 6. The first kappa shape index (κ1) is 16.3. The maximum Gasteiger partial charge on any atom is 0.265 e. The molecule has 1 aliphatic carbocycles. The molecule has 1 N–H and O–H groups in total. The summed E-state index contributed by atoms with van der Waals surface area (Å²) in [5.74, 6) is 1.08. The van der Waals surface area contributed by atoms with E-state index in [1.807, 2.05) is 18.2 Å². The molecule has 7 heteroatoms. The van der Waals surface area contributed by atoms with Gasteiger partial charge in [-0.3, -0.25) is 9.69 Å². The summed E-state index contributed by atoms with van der Waals surface area (Å²) in [5, 5.41) is 6.50. The number of amides is 1. The maximum atomic E-state index is 11.8. The zero-order valence-corrected chi connectivity index (χ0v) is 15.6. The molecule has 6 nitrogen and oxygen atoms in total. The summed E-state index contributed by atoms with van der Waals surface area (Å²) in [6.45, 7) is 0.0402. The first-order valence-corrected chi connectivity index (χ1v) is 9.78. The fraction of sp³-hybridized carbons (Fsp3) is 0.250. The molecule has 0 atom stereocenters. The number of carbonyl (C=O) groups excluding carboxylic acids is 1. The lowest BCUT2D eigenvalue weighted by Gasteiger charge is -2.25. The summed E-state index contributed by atoms with van der Waals surface area (Å²) in [7, 11) is 1.72. The van der Waals surface area contributed by atoms with Crippen LogP contribution in [0.2, 0.25) is 0 Å². The molecule has 27 heavy (non-hydrogen) atoms. The van der Waals surface area contributed by atoms with E-state index in [1.165, 1.54) is 17.7 Å². The molecule has 1 fully saturated rings. The van der Waals surface area contributed by atoms with Crippen molar-refractivity contribution in [3.63, 3.8) is 0 Å². The lowest BCUT2D eigenvalue weighted by Crippen LogP contribution is -2.36. The monoisotopic (exact) mass is 378 g/mol. The molecule has 0 unspecified atom stereocenters. The van der Waals surface area contributed by atoms with E-state index in [9.17, 15) is 4.79 Å². The van der Waals surface area contributed by atoms with Gasteiger partial charge in [-0.05, 0) is 24.5 Å². The third kappa shape index (κ3) is 3.04. The number of thiazole rings is 1. The van der Waals surface area contributed by atoms with Crippen LogP contribution in [-0.2, 0) is 4.79 Å². The Labute approximate surface area is 160 Å². The van der Waals surface area contributed by atoms with Crippen molar-refractivity contribution in [1.29, 1.82) is 0 Å². The van der Waals surface area contributed by atoms with Crippen molar-refractivity contribution in [2.24, 2.45) is 0 Å². The molecular weight excluding hydrogens is 360 g/mol. The van der Waals surface area contributed by atoms with Crippen LogP contribution in [-0.4, -0.2) is 35.6 Å². The molecule has 2 aliphatic rings. The first-order valence-electron chi connectivity index (χ1n) is 8.90. The number of hydrogen-bond donors (Lipinski definition) is 1. The molecule has 5 rings (SSSR count). The van der Waals surface area contributed by atoms with Crippen molar-refractivity contribution in [2.75, 3.05) is 23.9 Å². The normalized spacial score (nSPS) is 16.0. The number of carbonyl (C=O) groups is 1. The Hall–Kier alpha value is -2.93. The van der Waals surface area contributed by atoms with Gasteiger partial charge in [-0.1, -0.05) is 24.3 Å². The van der Waals surface area contributed by atoms with Gasteiger partial charge in [0.15, 0.2) is 23.3 Å². The third-order valence-corrected chi connectivity index (χ3v) is 5.57. The van der Waals surface area contributed by atoms with Crippen LogP contribution in [0.3, 0.4) is 0 Å². The van der Waals surface area contributed by atoms with E-state index in [-0.39, 0.29) is 12.5 Å². The second kappa shape index (κ2) is 6.35. The average Bonchev–Trinajstić information content (AvgIpc) is 3.39. The predicted octanol–water partition coefficient (Wildman–Crippen LogP) is 3.80. The first-order chi connectivity index (χ1) is 13.2. The van der Waals surface area contributed by atoms with Crippen molar-refractivity contribution in [3.8, 4) is 28.1 Å². The number of likely N-dealkylation sites (N-methyl/N-ethyl adjacent to an activating group) is 1. The number of nitrogens with zero attached hydrogens (tertiary/aromatic N) is 3. The summed E-state index contributed by atoms with van der Waals surface area (Å²) in [4.78, 5) is 22.5. The molecular formula is C20H18N4O2S. The second-order valence-corrected chi connectivity index (χ2v) is 7.65. The molecule has 0 bridgehead atoms. The van der Waals surface area contributed by atoms with Crippen LogP contribution >= 0.6 is 11.3 Å². The van der Waals surface area contributed by atoms with Crippen LogP contribution in [0.5, 0.6) is 5.75 Å². The molecule has 1 aromatic carbocycles. The number of fused-ring (bicyclic) bond motifs is 1. The van der Waals surface area contributed by atoms with Gasteiger partial charge in [0, 0.05) is 35.8 Å². The quantitative estimate of drug-likeness (QED) is 0.748. The van der Waals surface area contributed by atoms with Gasteiger partial charge in [0.2, 0.25) is 0 Å². The van der Waals surface area contributed by atoms with E-state index in [4.69, 9.17) is 9.72 Å². The highest BCUT2D eigenvalue weighted by Gasteiger charge is 2.25. The molecule has 2 aromatic heterocycles. The second-order valence-electron chi connectivity index (χ2n) is 6.79. The maximum absolute atomic E-state index is 11.8. The minimum Gasteiger partial charge on any atom is -0.480 e. The zero-order valence-electron chi connectivity index (χ0n) is 14.8. The number of aromatic nitrogens is 2. The van der Waals surface area contributed by atoms with Crippen LogP contribution in [0, 0.1) is 0 Å². The van der Waals surface area contributed by atoms with E-state index >= 15 is 0 Å². The zero-order chi connectivity index (χ0) is 18.4. The number of anilines is 2. The van der Waals surface area contributed by atoms with Gasteiger partial charge in [0.25, 0.3) is 5.91 Å². The topological polar surface area (TPSA) is 67.3 Å². The molecule has 0 radical (unpaired) electrons. The summed E-state index contributed by atoms with van der Waals surface area (Å²) in [6.07, 6.45) is 4.23. The van der Waals surface area contributed by atoms with Crippen molar-refractivity contribution in [2.45, 2.75) is 18.9 Å². The van der Waals surface area contributed by atoms with E-state index in [2.05, 4.69) is 27.8 Å². The minimum atomic E-state index is -0.0960. The fourth-order valence-electron chi connectivity index (χ4n) is 3.12. The number of nitrogens with one attached hydrogen (secondary N) is 1. The summed E-state index contributed by atoms with van der Waals surface area (Å²) in [5.41, 5.74) is 3.99. The molecule has 1 aliphatic heterocycles. The van der Waals surface area contributed by atoms with E-state index in [0.29, 0.717) is 17.6 Å². The number of benzene rings is 1. The Morgan fingerprint density at radius 2 is 2.07 bits per heavy atom. The van der Waals surface area contributed by atoms with Crippen LogP contribution in [0.1, 0.15) is 12.8 Å². The molecule has 1 amide bonds. The summed E-state index contributed by atoms with van der Waals surface area (Å²) >= 11 is 1.63. The van der Waals surface area contributed by atoms with E-state index in [0.717, 1.165) is 27.5 Å². The SMILES string of the molecule is CN1C(=O)COc2cc(-c3ccccc3-c3csc(NC4CC4)n3)cnc21. The molecule has 3 heterocycles. The van der Waals surface area contributed by atoms with Gasteiger partial charge < -0.3 is 10.1 Å². The van der Waals surface area contributed by atoms with Crippen LogP contribution in [0.15, 0.2) is 41.9 Å². The highest BCUT2D eigenvalue weighted by Crippen LogP contribution is 2.38. The van der Waals surface area contributed by atoms with Gasteiger partial charge >= 0.3 is 0 Å². The predicted molar refractivity (Wildman–Crippen MR) is 106 cm³/mol. The Kier molecular flexibility index (Phi) is 3.82. The third-order valence-electron chi connectivity index (χ3n) is 4.80. The van der Waals surface area contributed by atoms with Crippen molar-refractivity contribution >= 4 is 28.2 Å². The van der Waals surface area contributed by atoms with E-state index < -0.39 is 0 Å². The van der Waals surface area contributed by atoms with E-state index in [1.54, 1.807) is 24.6 Å². The van der Waals surface area contributed by atoms with Crippen LogP contribution in [0.25, 0.3) is 22.4 Å². The Balaban J connectivity index is 1.52. The van der Waals surface area contributed by atoms with Gasteiger partial charge in [0.1, 0.15) is 0 Å².